The third kappa shape index (κ3) is 11.0. The molecule has 6 nitrogen and oxygen atoms in total. The number of nitrogens with zero attached hydrogens (tertiary/aromatic N) is 1. The molecular formula is C12H26N4O2. The summed E-state index contributed by atoms with van der Waals surface area (Å²) >= 11 is 0. The van der Waals surface area contributed by atoms with Crippen LogP contribution in [0.15, 0.2) is 4.99 Å². The van der Waals surface area contributed by atoms with Crippen LogP contribution in [-0.4, -0.2) is 37.3 Å². The zero-order valence-corrected chi connectivity index (χ0v) is 11.9. The molecule has 0 fully saturated rings. The second-order valence-electron chi connectivity index (χ2n) is 4.98. The molecule has 0 rings (SSSR count). The topological polar surface area (TPSA) is 88.7 Å². The number of nitrogens with one attached hydrogen (secondary N) is 2. The van der Waals surface area contributed by atoms with Crippen LogP contribution < -0.4 is 16.4 Å². The lowest BCUT2D eigenvalue weighted by atomic mass is 10.2. The van der Waals surface area contributed by atoms with E-state index in [9.17, 15) is 4.79 Å². The van der Waals surface area contributed by atoms with Crippen molar-refractivity contribution < 1.29 is 9.53 Å². The smallest absolute Gasteiger partial charge is 0.407 e. The summed E-state index contributed by atoms with van der Waals surface area (Å²) in [7, 11) is 0. The molecule has 18 heavy (non-hydrogen) atoms. The van der Waals surface area contributed by atoms with Crippen molar-refractivity contribution in [1.29, 1.82) is 0 Å². The van der Waals surface area contributed by atoms with Crippen LogP contribution >= 0.6 is 0 Å². The highest BCUT2D eigenvalue weighted by atomic mass is 16.6. The van der Waals surface area contributed by atoms with Gasteiger partial charge in [-0.1, -0.05) is 6.92 Å². The molecule has 0 aliphatic carbocycles. The van der Waals surface area contributed by atoms with Gasteiger partial charge in [-0.25, -0.2) is 4.79 Å². The fourth-order valence-electron chi connectivity index (χ4n) is 1.10. The maximum absolute atomic E-state index is 11.3. The molecule has 0 aromatic rings. The fourth-order valence-corrected chi connectivity index (χ4v) is 1.10. The molecule has 0 saturated heterocycles. The van der Waals surface area contributed by atoms with E-state index in [-0.39, 0.29) is 0 Å². The number of nitrogens with two attached hydrogens (primary N) is 1. The maximum atomic E-state index is 11.3. The van der Waals surface area contributed by atoms with Crippen molar-refractivity contribution in [2.24, 2.45) is 10.7 Å². The van der Waals surface area contributed by atoms with E-state index in [1.165, 1.54) is 0 Å². The van der Waals surface area contributed by atoms with Crippen LogP contribution in [0.5, 0.6) is 0 Å². The number of ether oxygens (including phenoxy) is 1. The predicted molar refractivity (Wildman–Crippen MR) is 73.6 cm³/mol. The molecule has 0 heterocycles. The Balaban J connectivity index is 3.54. The van der Waals surface area contributed by atoms with Crippen molar-refractivity contribution in [3.63, 3.8) is 0 Å². The zero-order valence-electron chi connectivity index (χ0n) is 11.9. The molecule has 106 valence electrons. The molecule has 0 aromatic heterocycles. The average Bonchev–Trinajstić information content (AvgIpc) is 2.23. The van der Waals surface area contributed by atoms with Crippen LogP contribution in [0, 0.1) is 0 Å². The highest BCUT2D eigenvalue weighted by molar-refractivity contribution is 5.77. The summed E-state index contributed by atoms with van der Waals surface area (Å²) in [6.45, 7) is 9.49. The standard InChI is InChI=1S/C12H26N4O2/c1-5-7-14-10(13)15-8-6-9-16-11(17)18-12(2,3)4/h5-9H2,1-4H3,(H,16,17)(H3,13,14,15). The molecule has 0 spiro atoms. The van der Waals surface area contributed by atoms with E-state index in [4.69, 9.17) is 10.5 Å². The maximum Gasteiger partial charge on any atom is 0.407 e. The van der Waals surface area contributed by atoms with Crippen molar-refractivity contribution in [2.75, 3.05) is 19.6 Å². The van der Waals surface area contributed by atoms with Gasteiger partial charge in [-0.3, -0.25) is 4.99 Å². The number of hydrogen-bond acceptors (Lipinski definition) is 3. The van der Waals surface area contributed by atoms with Gasteiger partial charge in [-0.2, -0.15) is 0 Å². The number of rotatable bonds is 6. The van der Waals surface area contributed by atoms with Gasteiger partial charge in [0.25, 0.3) is 0 Å². The van der Waals surface area contributed by atoms with Gasteiger partial charge >= 0.3 is 6.09 Å². The van der Waals surface area contributed by atoms with Gasteiger partial charge in [0.05, 0.1) is 0 Å². The van der Waals surface area contributed by atoms with E-state index < -0.39 is 11.7 Å². The Labute approximate surface area is 109 Å². The molecule has 0 aliphatic heterocycles. The van der Waals surface area contributed by atoms with Crippen LogP contribution in [0.3, 0.4) is 0 Å². The quantitative estimate of drug-likeness (QED) is 0.379. The minimum Gasteiger partial charge on any atom is -0.444 e. The van der Waals surface area contributed by atoms with E-state index in [2.05, 4.69) is 15.6 Å². The number of carbonyl (C=O) groups is 1. The summed E-state index contributed by atoms with van der Waals surface area (Å²) in [6.07, 6.45) is 1.35. The third-order valence-electron chi connectivity index (χ3n) is 1.83. The van der Waals surface area contributed by atoms with Crippen LogP contribution in [0.25, 0.3) is 0 Å². The van der Waals surface area contributed by atoms with Crippen LogP contribution in [0.2, 0.25) is 0 Å². The zero-order chi connectivity index (χ0) is 14.0. The van der Waals surface area contributed by atoms with E-state index >= 15 is 0 Å². The lowest BCUT2D eigenvalue weighted by Crippen LogP contribution is -2.36. The molecule has 0 saturated carbocycles. The van der Waals surface area contributed by atoms with E-state index in [0.717, 1.165) is 19.4 Å². The van der Waals surface area contributed by atoms with Crippen molar-refractivity contribution in [3.05, 3.63) is 0 Å². The Kier molecular flexibility index (Phi) is 7.91. The van der Waals surface area contributed by atoms with E-state index in [1.54, 1.807) is 0 Å². The average molecular weight is 258 g/mol. The Bertz CT molecular complexity index is 272. The number of hydrogen-bond donors (Lipinski definition) is 3. The molecule has 4 N–H and O–H groups in total. The van der Waals surface area contributed by atoms with Crippen molar-refractivity contribution in [1.82, 2.24) is 10.6 Å². The Hall–Kier alpha value is -1.46. The predicted octanol–water partition coefficient (Wildman–Crippen LogP) is 1.22. The molecule has 0 aliphatic rings. The van der Waals surface area contributed by atoms with Gasteiger partial charge in [0.1, 0.15) is 5.60 Å². The fraction of sp³-hybridized carbons (Fsp3) is 0.833. The van der Waals surface area contributed by atoms with Gasteiger partial charge in [0, 0.05) is 19.6 Å². The first-order valence-electron chi connectivity index (χ1n) is 6.36. The molecule has 0 radical (unpaired) electrons. The second-order valence-corrected chi connectivity index (χ2v) is 4.98. The summed E-state index contributed by atoms with van der Waals surface area (Å²) in [4.78, 5) is 15.4. The Morgan fingerprint density at radius 2 is 1.89 bits per heavy atom. The minimum absolute atomic E-state index is 0.393. The SMILES string of the molecule is CCCN=C(N)NCCCNC(=O)OC(C)(C)C. The van der Waals surface area contributed by atoms with E-state index in [0.29, 0.717) is 19.0 Å². The molecule has 0 bridgehead atoms. The largest absolute Gasteiger partial charge is 0.444 e. The highest BCUT2D eigenvalue weighted by Gasteiger charge is 2.15. The lowest BCUT2D eigenvalue weighted by Gasteiger charge is -2.19. The second kappa shape index (κ2) is 8.60. The lowest BCUT2D eigenvalue weighted by molar-refractivity contribution is 0.0527. The molecule has 0 atom stereocenters. The summed E-state index contributed by atoms with van der Waals surface area (Å²) < 4.78 is 5.10. The number of alkyl carbamates (subject to hydrolysis) is 1. The monoisotopic (exact) mass is 258 g/mol. The van der Waals surface area contributed by atoms with Crippen LogP contribution in [-0.2, 0) is 4.74 Å². The molecular weight excluding hydrogens is 232 g/mol. The van der Waals surface area contributed by atoms with Gasteiger partial charge in [0.2, 0.25) is 0 Å². The number of amides is 1. The molecule has 0 unspecified atom stereocenters. The summed E-state index contributed by atoms with van der Waals surface area (Å²) in [5.41, 5.74) is 5.15. The number of guanidine groups is 1. The number of aliphatic imine (C=N–C) groups is 1. The van der Waals surface area contributed by atoms with Crippen molar-refractivity contribution in [3.8, 4) is 0 Å². The minimum atomic E-state index is -0.459. The molecule has 6 heteroatoms. The first kappa shape index (κ1) is 16.5. The number of carbonyl (C=O) groups excluding carboxylic acids is 1. The van der Waals surface area contributed by atoms with Gasteiger partial charge in [0.15, 0.2) is 5.96 Å². The summed E-state index contributed by atoms with van der Waals surface area (Å²) in [5, 5.41) is 5.65. The summed E-state index contributed by atoms with van der Waals surface area (Å²) in [6, 6.07) is 0. The van der Waals surface area contributed by atoms with Crippen LogP contribution in [0.4, 0.5) is 4.79 Å². The third-order valence-corrected chi connectivity index (χ3v) is 1.83. The molecule has 1 amide bonds. The van der Waals surface area contributed by atoms with Crippen molar-refractivity contribution >= 4 is 12.1 Å². The highest BCUT2D eigenvalue weighted by Crippen LogP contribution is 2.06. The Morgan fingerprint density at radius 3 is 2.44 bits per heavy atom. The van der Waals surface area contributed by atoms with Gasteiger partial charge in [-0.15, -0.1) is 0 Å². The van der Waals surface area contributed by atoms with Gasteiger partial charge in [-0.05, 0) is 33.6 Å². The first-order valence-corrected chi connectivity index (χ1v) is 6.36. The first-order chi connectivity index (χ1) is 8.35. The normalized spacial score (nSPS) is 12.1. The molecule has 0 aromatic carbocycles. The van der Waals surface area contributed by atoms with E-state index in [1.807, 2.05) is 27.7 Å². The van der Waals surface area contributed by atoms with Crippen LogP contribution in [0.1, 0.15) is 40.5 Å². The summed E-state index contributed by atoms with van der Waals surface area (Å²) in [5.74, 6) is 0.453. The van der Waals surface area contributed by atoms with Gasteiger partial charge < -0.3 is 21.1 Å². The Morgan fingerprint density at radius 1 is 1.28 bits per heavy atom. The van der Waals surface area contributed by atoms with Crippen molar-refractivity contribution in [2.45, 2.75) is 46.1 Å².